The number of anilines is 1. The molecule has 1 unspecified atom stereocenters. The van der Waals surface area contributed by atoms with Crippen molar-refractivity contribution in [1.82, 2.24) is 10.2 Å². The van der Waals surface area contributed by atoms with E-state index in [1.165, 1.54) is 23.5 Å². The number of hydrogen-bond acceptors (Lipinski definition) is 5. The Bertz CT molecular complexity index is 788. The second-order valence-electron chi connectivity index (χ2n) is 5.80. The predicted octanol–water partition coefficient (Wildman–Crippen LogP) is 3.59. The monoisotopic (exact) mass is 343 g/mol. The van der Waals surface area contributed by atoms with Crippen molar-refractivity contribution < 1.29 is 9.50 Å². The van der Waals surface area contributed by atoms with Gasteiger partial charge >= 0.3 is 0 Å². The summed E-state index contributed by atoms with van der Waals surface area (Å²) in [5, 5.41) is 23.4. The Hall–Kier alpha value is -2.31. The average molecular weight is 343 g/mol. The fourth-order valence-corrected chi connectivity index (χ4v) is 3.09. The standard InChI is InChI=1S/C18H18FN3OS/c1-18(23,14-5-3-2-4-6-14)12-20-17-22-21-16(24-17)11-13-7-9-15(19)10-8-13/h2-10,23H,11-12H2,1H3,(H,20,22). The molecule has 0 spiro atoms. The Morgan fingerprint density at radius 1 is 1.08 bits per heavy atom. The van der Waals surface area contributed by atoms with Crippen LogP contribution in [0.1, 0.15) is 23.1 Å². The highest BCUT2D eigenvalue weighted by molar-refractivity contribution is 7.15. The third kappa shape index (κ3) is 4.15. The van der Waals surface area contributed by atoms with E-state index in [0.717, 1.165) is 16.1 Å². The van der Waals surface area contributed by atoms with Crippen molar-refractivity contribution in [3.63, 3.8) is 0 Å². The summed E-state index contributed by atoms with van der Waals surface area (Å²) >= 11 is 1.43. The van der Waals surface area contributed by atoms with E-state index < -0.39 is 5.60 Å². The van der Waals surface area contributed by atoms with Crippen LogP contribution in [0.2, 0.25) is 0 Å². The number of nitrogens with one attached hydrogen (secondary N) is 1. The van der Waals surface area contributed by atoms with Crippen LogP contribution in [0.25, 0.3) is 0 Å². The maximum atomic E-state index is 12.9. The Balaban J connectivity index is 1.61. The fraction of sp³-hybridized carbons (Fsp3) is 0.222. The molecule has 0 saturated heterocycles. The lowest BCUT2D eigenvalue weighted by Crippen LogP contribution is -2.30. The number of halogens is 1. The van der Waals surface area contributed by atoms with Gasteiger partial charge in [-0.25, -0.2) is 4.39 Å². The van der Waals surface area contributed by atoms with Gasteiger partial charge in [-0.15, -0.1) is 10.2 Å². The normalized spacial score (nSPS) is 13.5. The molecule has 2 aromatic carbocycles. The van der Waals surface area contributed by atoms with Crippen molar-refractivity contribution in [3.8, 4) is 0 Å². The first-order chi connectivity index (χ1) is 11.5. The van der Waals surface area contributed by atoms with Crippen LogP contribution in [0.3, 0.4) is 0 Å². The van der Waals surface area contributed by atoms with Crippen LogP contribution in [-0.2, 0) is 12.0 Å². The third-order valence-electron chi connectivity index (χ3n) is 3.71. The minimum absolute atomic E-state index is 0.249. The molecule has 24 heavy (non-hydrogen) atoms. The highest BCUT2D eigenvalue weighted by Gasteiger charge is 2.23. The van der Waals surface area contributed by atoms with Gasteiger partial charge < -0.3 is 10.4 Å². The molecule has 0 aliphatic carbocycles. The molecule has 3 rings (SSSR count). The zero-order chi connectivity index (χ0) is 17.0. The number of nitrogens with zero attached hydrogens (tertiary/aromatic N) is 2. The molecule has 3 aromatic rings. The Kier molecular flexibility index (Phi) is 4.87. The van der Waals surface area contributed by atoms with Gasteiger partial charge in [0.2, 0.25) is 5.13 Å². The average Bonchev–Trinajstić information content (AvgIpc) is 3.04. The quantitative estimate of drug-likeness (QED) is 0.718. The third-order valence-corrected chi connectivity index (χ3v) is 4.60. The topological polar surface area (TPSA) is 58.0 Å². The van der Waals surface area contributed by atoms with Crippen LogP contribution < -0.4 is 5.32 Å². The smallest absolute Gasteiger partial charge is 0.205 e. The van der Waals surface area contributed by atoms with E-state index in [2.05, 4.69) is 15.5 Å². The molecule has 0 radical (unpaired) electrons. The van der Waals surface area contributed by atoms with Gasteiger partial charge in [-0.3, -0.25) is 0 Å². The van der Waals surface area contributed by atoms with Gasteiger partial charge in [0.15, 0.2) is 0 Å². The molecule has 1 atom stereocenters. The summed E-state index contributed by atoms with van der Waals surface area (Å²) < 4.78 is 12.9. The first-order valence-electron chi connectivity index (χ1n) is 7.61. The van der Waals surface area contributed by atoms with Gasteiger partial charge in [-0.2, -0.15) is 0 Å². The van der Waals surface area contributed by atoms with E-state index >= 15 is 0 Å². The Morgan fingerprint density at radius 3 is 2.50 bits per heavy atom. The van der Waals surface area contributed by atoms with Crippen LogP contribution in [0, 0.1) is 5.82 Å². The maximum Gasteiger partial charge on any atom is 0.205 e. The largest absolute Gasteiger partial charge is 0.384 e. The van der Waals surface area contributed by atoms with Crippen molar-refractivity contribution in [2.24, 2.45) is 0 Å². The molecule has 0 fully saturated rings. The van der Waals surface area contributed by atoms with E-state index in [1.807, 2.05) is 30.3 Å². The van der Waals surface area contributed by atoms with Crippen LogP contribution in [-0.4, -0.2) is 21.8 Å². The summed E-state index contributed by atoms with van der Waals surface area (Å²) in [5.74, 6) is -0.249. The van der Waals surface area contributed by atoms with E-state index in [-0.39, 0.29) is 5.82 Å². The number of aromatic nitrogens is 2. The molecule has 0 aliphatic rings. The first kappa shape index (κ1) is 16.5. The fourth-order valence-electron chi connectivity index (χ4n) is 2.32. The lowest BCUT2D eigenvalue weighted by molar-refractivity contribution is 0.0715. The molecule has 4 nitrogen and oxygen atoms in total. The van der Waals surface area contributed by atoms with E-state index in [4.69, 9.17) is 0 Å². The summed E-state index contributed by atoms with van der Waals surface area (Å²) in [7, 11) is 0. The molecular formula is C18H18FN3OS. The maximum absolute atomic E-state index is 12.9. The molecule has 0 aliphatic heterocycles. The van der Waals surface area contributed by atoms with Crippen molar-refractivity contribution in [1.29, 1.82) is 0 Å². The molecule has 1 aromatic heterocycles. The predicted molar refractivity (Wildman–Crippen MR) is 93.6 cm³/mol. The van der Waals surface area contributed by atoms with Crippen molar-refractivity contribution in [3.05, 3.63) is 76.5 Å². The number of hydrogen-bond donors (Lipinski definition) is 2. The molecular weight excluding hydrogens is 325 g/mol. The summed E-state index contributed by atoms with van der Waals surface area (Å²) in [5.41, 5.74) is 0.827. The van der Waals surface area contributed by atoms with Gasteiger partial charge in [-0.1, -0.05) is 53.8 Å². The SMILES string of the molecule is CC(O)(CNc1nnc(Cc2ccc(F)cc2)s1)c1ccccc1. The Labute approximate surface area is 144 Å². The summed E-state index contributed by atoms with van der Waals surface area (Å²) in [6.45, 7) is 2.10. The van der Waals surface area contributed by atoms with Gasteiger partial charge in [0, 0.05) is 13.0 Å². The zero-order valence-corrected chi connectivity index (χ0v) is 14.1. The van der Waals surface area contributed by atoms with Crippen LogP contribution in [0.15, 0.2) is 54.6 Å². The van der Waals surface area contributed by atoms with Crippen molar-refractivity contribution >= 4 is 16.5 Å². The molecule has 6 heteroatoms. The van der Waals surface area contributed by atoms with Crippen molar-refractivity contribution in [2.45, 2.75) is 18.9 Å². The van der Waals surface area contributed by atoms with Crippen LogP contribution >= 0.6 is 11.3 Å². The van der Waals surface area contributed by atoms with Crippen LogP contribution in [0.5, 0.6) is 0 Å². The summed E-state index contributed by atoms with van der Waals surface area (Å²) in [4.78, 5) is 0. The lowest BCUT2D eigenvalue weighted by Gasteiger charge is -2.23. The molecule has 0 bridgehead atoms. The highest BCUT2D eigenvalue weighted by atomic mass is 32.1. The lowest BCUT2D eigenvalue weighted by atomic mass is 9.96. The number of rotatable bonds is 6. The molecule has 1 heterocycles. The minimum atomic E-state index is -0.996. The minimum Gasteiger partial charge on any atom is -0.384 e. The van der Waals surface area contributed by atoms with Gasteiger partial charge in [0.1, 0.15) is 16.4 Å². The molecule has 0 amide bonds. The molecule has 2 N–H and O–H groups in total. The van der Waals surface area contributed by atoms with E-state index in [0.29, 0.717) is 18.1 Å². The van der Waals surface area contributed by atoms with E-state index in [1.54, 1.807) is 19.1 Å². The van der Waals surface area contributed by atoms with Gasteiger partial charge in [-0.05, 0) is 30.2 Å². The second kappa shape index (κ2) is 7.07. The van der Waals surface area contributed by atoms with Gasteiger partial charge in [0.25, 0.3) is 0 Å². The Morgan fingerprint density at radius 2 is 1.79 bits per heavy atom. The van der Waals surface area contributed by atoms with Crippen molar-refractivity contribution in [2.75, 3.05) is 11.9 Å². The second-order valence-corrected chi connectivity index (χ2v) is 6.86. The number of benzene rings is 2. The zero-order valence-electron chi connectivity index (χ0n) is 13.2. The number of aliphatic hydroxyl groups is 1. The summed E-state index contributed by atoms with van der Waals surface area (Å²) in [6, 6.07) is 15.8. The molecule has 0 saturated carbocycles. The molecule has 124 valence electrons. The van der Waals surface area contributed by atoms with E-state index in [9.17, 15) is 9.50 Å². The highest BCUT2D eigenvalue weighted by Crippen LogP contribution is 2.23. The summed E-state index contributed by atoms with van der Waals surface area (Å²) in [6.07, 6.45) is 0.606. The first-order valence-corrected chi connectivity index (χ1v) is 8.43. The van der Waals surface area contributed by atoms with Gasteiger partial charge in [0.05, 0.1) is 0 Å². The van der Waals surface area contributed by atoms with Crippen LogP contribution in [0.4, 0.5) is 9.52 Å².